The molecule has 0 atom stereocenters. The molecule has 5 nitrogen and oxygen atoms in total. The molecule has 2 aromatic heterocycles. The first-order chi connectivity index (χ1) is 13.8. The molecule has 142 valence electrons. The van der Waals surface area contributed by atoms with Crippen molar-refractivity contribution in [2.45, 2.75) is 44.6 Å². The lowest BCUT2D eigenvalue weighted by Crippen LogP contribution is -2.19. The number of benzene rings is 2. The van der Waals surface area contributed by atoms with E-state index in [0.29, 0.717) is 11.1 Å². The first-order valence-corrected chi connectivity index (χ1v) is 10.3. The maximum atomic E-state index is 6.20. The van der Waals surface area contributed by atoms with Crippen LogP contribution in [-0.2, 0) is 0 Å². The summed E-state index contributed by atoms with van der Waals surface area (Å²) in [4.78, 5) is 4.98. The number of para-hydroxylation sites is 1. The SMILES string of the molecule is Clc1cccc(-c2nnn3c2nc(NC2CCCCCC2)c2ccccc23)c1. The minimum atomic E-state index is 0.464. The van der Waals surface area contributed by atoms with E-state index in [1.54, 1.807) is 0 Å². The van der Waals surface area contributed by atoms with E-state index in [4.69, 9.17) is 16.6 Å². The second-order valence-corrected chi connectivity index (χ2v) is 7.93. The number of anilines is 1. The lowest BCUT2D eigenvalue weighted by atomic mass is 10.1. The molecule has 0 saturated heterocycles. The van der Waals surface area contributed by atoms with E-state index in [1.807, 2.05) is 40.9 Å². The zero-order valence-electron chi connectivity index (χ0n) is 15.6. The average Bonchev–Trinajstić information content (AvgIpc) is 2.97. The molecule has 1 aliphatic carbocycles. The highest BCUT2D eigenvalue weighted by Gasteiger charge is 2.18. The summed E-state index contributed by atoms with van der Waals surface area (Å²) < 4.78 is 1.82. The van der Waals surface area contributed by atoms with Gasteiger partial charge in [-0.2, -0.15) is 4.52 Å². The number of rotatable bonds is 3. The predicted octanol–water partition coefficient (Wildman–Crippen LogP) is 5.73. The van der Waals surface area contributed by atoms with E-state index in [2.05, 4.69) is 27.8 Å². The maximum absolute atomic E-state index is 6.20. The van der Waals surface area contributed by atoms with Gasteiger partial charge in [0.2, 0.25) is 0 Å². The average molecular weight is 392 g/mol. The van der Waals surface area contributed by atoms with Gasteiger partial charge in [-0.15, -0.1) is 5.10 Å². The Balaban J connectivity index is 1.66. The van der Waals surface area contributed by atoms with E-state index in [9.17, 15) is 0 Å². The molecule has 0 bridgehead atoms. The summed E-state index contributed by atoms with van der Waals surface area (Å²) in [6, 6.07) is 16.4. The van der Waals surface area contributed by atoms with Crippen LogP contribution in [0.3, 0.4) is 0 Å². The molecular weight excluding hydrogens is 370 g/mol. The molecule has 1 fully saturated rings. The second-order valence-electron chi connectivity index (χ2n) is 7.49. The minimum absolute atomic E-state index is 0.464. The van der Waals surface area contributed by atoms with Gasteiger partial charge in [0.15, 0.2) is 5.65 Å². The molecule has 0 unspecified atom stereocenters. The summed E-state index contributed by atoms with van der Waals surface area (Å²) in [5, 5.41) is 14.3. The number of fused-ring (bicyclic) bond motifs is 3. The molecular formula is C22H22ClN5. The van der Waals surface area contributed by atoms with E-state index in [-0.39, 0.29) is 0 Å². The fourth-order valence-electron chi connectivity index (χ4n) is 4.11. The highest BCUT2D eigenvalue weighted by molar-refractivity contribution is 6.30. The van der Waals surface area contributed by atoms with Crippen LogP contribution in [0.25, 0.3) is 27.8 Å². The first kappa shape index (κ1) is 17.4. The summed E-state index contributed by atoms with van der Waals surface area (Å²) in [7, 11) is 0. The topological polar surface area (TPSA) is 55.1 Å². The van der Waals surface area contributed by atoms with Gasteiger partial charge in [0.25, 0.3) is 0 Å². The third-order valence-corrected chi connectivity index (χ3v) is 5.78. The van der Waals surface area contributed by atoms with Gasteiger partial charge in [0, 0.05) is 22.0 Å². The highest BCUT2D eigenvalue weighted by Crippen LogP contribution is 2.30. The van der Waals surface area contributed by atoms with Crippen molar-refractivity contribution >= 4 is 34.0 Å². The molecule has 4 aromatic rings. The molecule has 1 aliphatic rings. The summed E-state index contributed by atoms with van der Waals surface area (Å²) >= 11 is 6.20. The Hall–Kier alpha value is -2.66. The number of aromatic nitrogens is 4. The summed E-state index contributed by atoms with van der Waals surface area (Å²) in [5.74, 6) is 0.917. The molecule has 0 amide bonds. The van der Waals surface area contributed by atoms with Crippen molar-refractivity contribution < 1.29 is 0 Å². The van der Waals surface area contributed by atoms with Gasteiger partial charge >= 0.3 is 0 Å². The smallest absolute Gasteiger partial charge is 0.186 e. The Kier molecular flexibility index (Phi) is 4.61. The number of hydrogen-bond acceptors (Lipinski definition) is 4. The quantitative estimate of drug-likeness (QED) is 0.453. The lowest BCUT2D eigenvalue weighted by Gasteiger charge is -2.18. The number of hydrogen-bond donors (Lipinski definition) is 1. The number of nitrogens with one attached hydrogen (secondary N) is 1. The third kappa shape index (κ3) is 3.20. The van der Waals surface area contributed by atoms with Crippen LogP contribution >= 0.6 is 11.6 Å². The van der Waals surface area contributed by atoms with Crippen LogP contribution in [0.4, 0.5) is 5.82 Å². The van der Waals surface area contributed by atoms with E-state index >= 15 is 0 Å². The molecule has 28 heavy (non-hydrogen) atoms. The van der Waals surface area contributed by atoms with Crippen molar-refractivity contribution in [1.82, 2.24) is 19.8 Å². The Morgan fingerprint density at radius 1 is 0.964 bits per heavy atom. The van der Waals surface area contributed by atoms with Crippen molar-refractivity contribution in [1.29, 1.82) is 0 Å². The Morgan fingerprint density at radius 2 is 1.79 bits per heavy atom. The Morgan fingerprint density at radius 3 is 2.61 bits per heavy atom. The standard InChI is InChI=1S/C22H22ClN5/c23-16-9-7-8-15(14-16)20-22-25-21(24-17-10-3-1-2-4-11-17)18-12-5-6-13-19(18)28(22)27-26-20/h5-9,12-14,17H,1-4,10-11H2,(H,24,25). The van der Waals surface area contributed by atoms with Crippen LogP contribution in [0.5, 0.6) is 0 Å². The van der Waals surface area contributed by atoms with Crippen molar-refractivity contribution in [2.24, 2.45) is 0 Å². The molecule has 6 heteroatoms. The van der Waals surface area contributed by atoms with Crippen molar-refractivity contribution in [3.8, 4) is 11.3 Å². The van der Waals surface area contributed by atoms with Gasteiger partial charge in [-0.25, -0.2) is 4.98 Å². The molecule has 1 saturated carbocycles. The zero-order chi connectivity index (χ0) is 18.9. The maximum Gasteiger partial charge on any atom is 0.186 e. The number of halogens is 1. The van der Waals surface area contributed by atoms with Crippen LogP contribution < -0.4 is 5.32 Å². The highest BCUT2D eigenvalue weighted by atomic mass is 35.5. The summed E-state index contributed by atoms with van der Waals surface area (Å²) in [5.41, 5.74) is 3.42. The van der Waals surface area contributed by atoms with Crippen LogP contribution in [0.15, 0.2) is 48.5 Å². The fraction of sp³-hybridized carbons (Fsp3) is 0.318. The normalized spacial score (nSPS) is 15.8. The molecule has 5 rings (SSSR count). The van der Waals surface area contributed by atoms with Crippen LogP contribution in [0.2, 0.25) is 5.02 Å². The molecule has 1 N–H and O–H groups in total. The van der Waals surface area contributed by atoms with E-state index in [1.165, 1.54) is 38.5 Å². The van der Waals surface area contributed by atoms with Crippen LogP contribution in [-0.4, -0.2) is 25.9 Å². The fourth-order valence-corrected chi connectivity index (χ4v) is 4.30. The Labute approximate surface area is 168 Å². The monoisotopic (exact) mass is 391 g/mol. The van der Waals surface area contributed by atoms with Crippen molar-refractivity contribution in [3.05, 3.63) is 53.6 Å². The second kappa shape index (κ2) is 7.40. The lowest BCUT2D eigenvalue weighted by molar-refractivity contribution is 0.618. The summed E-state index contributed by atoms with van der Waals surface area (Å²) in [6.07, 6.45) is 7.60. The molecule has 0 spiro atoms. The van der Waals surface area contributed by atoms with Gasteiger partial charge in [0.1, 0.15) is 11.5 Å². The molecule has 0 aliphatic heterocycles. The van der Waals surface area contributed by atoms with E-state index < -0.39 is 0 Å². The predicted molar refractivity (Wildman–Crippen MR) is 114 cm³/mol. The van der Waals surface area contributed by atoms with Crippen LogP contribution in [0, 0.1) is 0 Å². The molecule has 2 aromatic carbocycles. The van der Waals surface area contributed by atoms with Crippen molar-refractivity contribution in [2.75, 3.05) is 5.32 Å². The van der Waals surface area contributed by atoms with Gasteiger partial charge in [-0.05, 0) is 37.1 Å². The number of nitrogens with zero attached hydrogens (tertiary/aromatic N) is 4. The molecule has 2 heterocycles. The van der Waals surface area contributed by atoms with Crippen LogP contribution in [0.1, 0.15) is 38.5 Å². The zero-order valence-corrected chi connectivity index (χ0v) is 16.4. The van der Waals surface area contributed by atoms with Gasteiger partial charge in [-0.1, -0.05) is 66.8 Å². The third-order valence-electron chi connectivity index (χ3n) is 5.55. The van der Waals surface area contributed by atoms with E-state index in [0.717, 1.165) is 33.6 Å². The largest absolute Gasteiger partial charge is 0.367 e. The Bertz CT molecular complexity index is 1130. The van der Waals surface area contributed by atoms with Gasteiger partial charge in [-0.3, -0.25) is 0 Å². The van der Waals surface area contributed by atoms with Crippen molar-refractivity contribution in [3.63, 3.8) is 0 Å². The molecule has 0 radical (unpaired) electrons. The summed E-state index contributed by atoms with van der Waals surface area (Å²) in [6.45, 7) is 0. The van der Waals surface area contributed by atoms with Gasteiger partial charge in [0.05, 0.1) is 5.52 Å². The first-order valence-electron chi connectivity index (χ1n) is 9.96. The minimum Gasteiger partial charge on any atom is -0.367 e. The van der Waals surface area contributed by atoms with Gasteiger partial charge < -0.3 is 5.32 Å².